The standard InChI is InChI=1S/C10H5ClN2O4/c11-10-8(5-14)9(12-17-10)6-2-1-3-7(4-6)13(15)16/h1-5H. The molecule has 0 bridgehead atoms. The van der Waals surface area contributed by atoms with Crippen molar-refractivity contribution in [2.45, 2.75) is 0 Å². The largest absolute Gasteiger partial charge is 0.343 e. The molecule has 1 aromatic heterocycles. The first kappa shape index (κ1) is 11.3. The van der Waals surface area contributed by atoms with E-state index in [-0.39, 0.29) is 22.2 Å². The molecule has 0 aliphatic heterocycles. The molecule has 0 aliphatic carbocycles. The second-order valence-electron chi connectivity index (χ2n) is 3.14. The lowest BCUT2D eigenvalue weighted by molar-refractivity contribution is -0.384. The van der Waals surface area contributed by atoms with Crippen molar-refractivity contribution in [1.82, 2.24) is 5.16 Å². The van der Waals surface area contributed by atoms with Crippen LogP contribution in [0.3, 0.4) is 0 Å². The van der Waals surface area contributed by atoms with E-state index in [1.54, 1.807) is 6.07 Å². The van der Waals surface area contributed by atoms with Crippen LogP contribution < -0.4 is 0 Å². The van der Waals surface area contributed by atoms with Crippen molar-refractivity contribution in [3.63, 3.8) is 0 Å². The number of halogens is 1. The van der Waals surface area contributed by atoms with Gasteiger partial charge in [-0.2, -0.15) is 0 Å². The van der Waals surface area contributed by atoms with Crippen LogP contribution >= 0.6 is 11.6 Å². The zero-order valence-corrected chi connectivity index (χ0v) is 9.05. The number of hydrogen-bond acceptors (Lipinski definition) is 5. The minimum Gasteiger partial charge on any atom is -0.343 e. The van der Waals surface area contributed by atoms with Gasteiger partial charge in [0, 0.05) is 17.7 Å². The fourth-order valence-electron chi connectivity index (χ4n) is 1.35. The van der Waals surface area contributed by atoms with E-state index >= 15 is 0 Å². The monoisotopic (exact) mass is 252 g/mol. The van der Waals surface area contributed by atoms with Crippen molar-refractivity contribution in [3.05, 3.63) is 45.2 Å². The lowest BCUT2D eigenvalue weighted by Crippen LogP contribution is -1.89. The molecule has 0 saturated heterocycles. The molecule has 17 heavy (non-hydrogen) atoms. The third-order valence-electron chi connectivity index (χ3n) is 2.13. The molecule has 0 aliphatic rings. The predicted octanol–water partition coefficient (Wildman–Crippen LogP) is 2.72. The molecule has 0 fully saturated rings. The summed E-state index contributed by atoms with van der Waals surface area (Å²) in [6, 6.07) is 5.70. The number of benzene rings is 1. The Labute approximate surface area is 99.9 Å². The molecular formula is C10H5ClN2O4. The summed E-state index contributed by atoms with van der Waals surface area (Å²) < 4.78 is 4.66. The highest BCUT2D eigenvalue weighted by atomic mass is 35.5. The minimum absolute atomic E-state index is 0.0761. The van der Waals surface area contributed by atoms with E-state index in [1.165, 1.54) is 18.2 Å². The van der Waals surface area contributed by atoms with E-state index < -0.39 is 4.92 Å². The van der Waals surface area contributed by atoms with Gasteiger partial charge in [-0.15, -0.1) is 0 Å². The van der Waals surface area contributed by atoms with Gasteiger partial charge >= 0.3 is 0 Å². The Morgan fingerprint density at radius 1 is 1.47 bits per heavy atom. The second-order valence-corrected chi connectivity index (χ2v) is 3.49. The number of nitro groups is 1. The van der Waals surface area contributed by atoms with Gasteiger partial charge in [-0.3, -0.25) is 14.9 Å². The topological polar surface area (TPSA) is 86.2 Å². The summed E-state index contributed by atoms with van der Waals surface area (Å²) in [7, 11) is 0. The quantitative estimate of drug-likeness (QED) is 0.476. The molecule has 86 valence electrons. The Balaban J connectivity index is 2.56. The summed E-state index contributed by atoms with van der Waals surface area (Å²) in [6.07, 6.45) is 0.493. The van der Waals surface area contributed by atoms with Gasteiger partial charge in [0.15, 0.2) is 6.29 Å². The fourth-order valence-corrected chi connectivity index (χ4v) is 1.52. The normalized spacial score (nSPS) is 10.2. The number of hydrogen-bond donors (Lipinski definition) is 0. The molecule has 0 amide bonds. The van der Waals surface area contributed by atoms with Crippen molar-refractivity contribution in [2.75, 3.05) is 0 Å². The molecular weight excluding hydrogens is 248 g/mol. The first-order chi connectivity index (χ1) is 8.13. The van der Waals surface area contributed by atoms with Crippen LogP contribution in [0.4, 0.5) is 5.69 Å². The van der Waals surface area contributed by atoms with Crippen LogP contribution in [-0.4, -0.2) is 16.4 Å². The van der Waals surface area contributed by atoms with E-state index in [0.717, 1.165) is 0 Å². The number of rotatable bonds is 3. The molecule has 0 spiro atoms. The summed E-state index contributed by atoms with van der Waals surface area (Å²) in [5.74, 6) is 0. The van der Waals surface area contributed by atoms with Gasteiger partial charge in [0.1, 0.15) is 11.3 Å². The van der Waals surface area contributed by atoms with E-state index in [9.17, 15) is 14.9 Å². The lowest BCUT2D eigenvalue weighted by Gasteiger charge is -1.96. The van der Waals surface area contributed by atoms with Gasteiger partial charge in [-0.25, -0.2) is 0 Å². The smallest absolute Gasteiger partial charge is 0.270 e. The average molecular weight is 253 g/mol. The zero-order valence-electron chi connectivity index (χ0n) is 8.29. The van der Waals surface area contributed by atoms with Gasteiger partial charge in [-0.1, -0.05) is 17.3 Å². The maximum absolute atomic E-state index is 10.8. The molecule has 1 aromatic carbocycles. The molecule has 0 unspecified atom stereocenters. The molecule has 6 nitrogen and oxygen atoms in total. The summed E-state index contributed by atoms with van der Waals surface area (Å²) in [5, 5.41) is 14.1. The van der Waals surface area contributed by atoms with E-state index in [4.69, 9.17) is 11.6 Å². The molecule has 7 heteroatoms. The van der Waals surface area contributed by atoms with Crippen LogP contribution in [0.5, 0.6) is 0 Å². The first-order valence-electron chi connectivity index (χ1n) is 4.48. The number of aldehydes is 1. The molecule has 0 N–H and O–H groups in total. The van der Waals surface area contributed by atoms with Crippen LogP contribution in [0.15, 0.2) is 28.8 Å². The second kappa shape index (κ2) is 4.34. The first-order valence-corrected chi connectivity index (χ1v) is 4.86. The van der Waals surface area contributed by atoms with Crippen LogP contribution in [0, 0.1) is 10.1 Å². The molecule has 0 atom stereocenters. The molecule has 0 saturated carbocycles. The van der Waals surface area contributed by atoms with Gasteiger partial charge in [0.2, 0.25) is 5.22 Å². The Morgan fingerprint density at radius 2 is 2.24 bits per heavy atom. The summed E-state index contributed by atoms with van der Waals surface area (Å²) >= 11 is 5.60. The summed E-state index contributed by atoms with van der Waals surface area (Å²) in [6.45, 7) is 0. The predicted molar refractivity (Wildman–Crippen MR) is 59.0 cm³/mol. The lowest BCUT2D eigenvalue weighted by atomic mass is 10.1. The molecule has 0 radical (unpaired) electrons. The highest BCUT2D eigenvalue weighted by molar-refractivity contribution is 6.31. The number of carbonyl (C=O) groups excluding carboxylic acids is 1. The van der Waals surface area contributed by atoms with Crippen LogP contribution in [-0.2, 0) is 0 Å². The van der Waals surface area contributed by atoms with Gasteiger partial charge in [0.25, 0.3) is 5.69 Å². The number of non-ortho nitro benzene ring substituents is 1. The Bertz CT molecular complexity index is 594. The third-order valence-corrected chi connectivity index (χ3v) is 2.40. The molecule has 2 rings (SSSR count). The van der Waals surface area contributed by atoms with E-state index in [0.29, 0.717) is 11.8 Å². The molecule has 1 heterocycles. The average Bonchev–Trinajstić information content (AvgIpc) is 2.70. The van der Waals surface area contributed by atoms with Crippen molar-refractivity contribution in [1.29, 1.82) is 0 Å². The highest BCUT2D eigenvalue weighted by Crippen LogP contribution is 2.29. The van der Waals surface area contributed by atoms with Crippen molar-refractivity contribution >= 4 is 23.6 Å². The molecule has 2 aromatic rings. The van der Waals surface area contributed by atoms with Gasteiger partial charge < -0.3 is 4.52 Å². The van der Waals surface area contributed by atoms with Crippen LogP contribution in [0.1, 0.15) is 10.4 Å². The number of nitro benzene ring substituents is 1. The Morgan fingerprint density at radius 3 is 2.88 bits per heavy atom. The maximum atomic E-state index is 10.8. The number of aromatic nitrogens is 1. The van der Waals surface area contributed by atoms with E-state index in [1.807, 2.05) is 0 Å². The Hall–Kier alpha value is -2.21. The number of carbonyl (C=O) groups is 1. The maximum Gasteiger partial charge on any atom is 0.270 e. The zero-order chi connectivity index (χ0) is 12.4. The van der Waals surface area contributed by atoms with Crippen LogP contribution in [0.25, 0.3) is 11.3 Å². The fraction of sp³-hybridized carbons (Fsp3) is 0. The number of nitrogens with zero attached hydrogens (tertiary/aromatic N) is 2. The van der Waals surface area contributed by atoms with Gasteiger partial charge in [-0.05, 0) is 11.6 Å². The van der Waals surface area contributed by atoms with Crippen molar-refractivity contribution in [2.24, 2.45) is 0 Å². The SMILES string of the molecule is O=Cc1c(-c2cccc([N+](=O)[O-])c2)noc1Cl. The van der Waals surface area contributed by atoms with Crippen molar-refractivity contribution in [3.8, 4) is 11.3 Å². The van der Waals surface area contributed by atoms with Crippen LogP contribution in [0.2, 0.25) is 5.22 Å². The van der Waals surface area contributed by atoms with Gasteiger partial charge in [0.05, 0.1) is 4.92 Å². The summed E-state index contributed by atoms with van der Waals surface area (Å²) in [4.78, 5) is 20.9. The third kappa shape index (κ3) is 2.02. The van der Waals surface area contributed by atoms with Crippen molar-refractivity contribution < 1.29 is 14.2 Å². The van der Waals surface area contributed by atoms with E-state index in [2.05, 4.69) is 9.68 Å². The minimum atomic E-state index is -0.536. The summed E-state index contributed by atoms with van der Waals surface area (Å²) in [5.41, 5.74) is 0.566. The highest BCUT2D eigenvalue weighted by Gasteiger charge is 2.17. The Kier molecular flexibility index (Phi) is 2.88.